The van der Waals surface area contributed by atoms with Gasteiger partial charge >= 0.3 is 0 Å². The van der Waals surface area contributed by atoms with Crippen LogP contribution in [-0.4, -0.2) is 36.7 Å². The van der Waals surface area contributed by atoms with E-state index in [-0.39, 0.29) is 6.54 Å². The second-order valence-corrected chi connectivity index (χ2v) is 4.67. The first kappa shape index (κ1) is 11.6. The summed E-state index contributed by atoms with van der Waals surface area (Å²) in [5.41, 5.74) is 7.71. The summed E-state index contributed by atoms with van der Waals surface area (Å²) >= 11 is 0. The third kappa shape index (κ3) is 2.43. The van der Waals surface area contributed by atoms with E-state index in [2.05, 4.69) is 24.1 Å². The monoisotopic (exact) mass is 220 g/mol. The average Bonchev–Trinajstić information content (AvgIpc) is 2.75. The number of hydrogen-bond acceptors (Lipinski definition) is 3. The highest BCUT2D eigenvalue weighted by molar-refractivity contribution is 5.27. The van der Waals surface area contributed by atoms with Crippen LogP contribution in [0, 0.1) is 0 Å². The van der Waals surface area contributed by atoms with E-state index in [0.29, 0.717) is 5.92 Å². The number of aliphatic hydroxyl groups is 1. The first-order chi connectivity index (χ1) is 7.70. The van der Waals surface area contributed by atoms with Gasteiger partial charge in [0.05, 0.1) is 6.10 Å². The molecule has 0 aromatic heterocycles. The number of nitrogens with zero attached hydrogens (tertiary/aromatic N) is 1. The van der Waals surface area contributed by atoms with Gasteiger partial charge < -0.3 is 15.7 Å². The standard InChI is InChI=1S/C13H20N2O/c1-15-7-6-12(9-15)10-2-4-11(5-3-10)13(16)8-14/h2-5,12-13,16H,6-9,14H2,1H3. The smallest absolute Gasteiger partial charge is 0.0912 e. The van der Waals surface area contributed by atoms with E-state index in [4.69, 9.17) is 5.73 Å². The average molecular weight is 220 g/mol. The van der Waals surface area contributed by atoms with Crippen LogP contribution in [0.3, 0.4) is 0 Å². The van der Waals surface area contributed by atoms with Gasteiger partial charge in [0, 0.05) is 13.1 Å². The van der Waals surface area contributed by atoms with E-state index in [1.807, 2.05) is 12.1 Å². The second-order valence-electron chi connectivity index (χ2n) is 4.67. The Balaban J connectivity index is 2.07. The molecule has 0 saturated carbocycles. The molecule has 2 atom stereocenters. The van der Waals surface area contributed by atoms with E-state index < -0.39 is 6.10 Å². The number of nitrogens with two attached hydrogens (primary N) is 1. The fourth-order valence-corrected chi connectivity index (χ4v) is 2.33. The molecule has 3 N–H and O–H groups in total. The van der Waals surface area contributed by atoms with Gasteiger partial charge in [0.2, 0.25) is 0 Å². The van der Waals surface area contributed by atoms with Crippen molar-refractivity contribution in [2.75, 3.05) is 26.7 Å². The molecule has 1 heterocycles. The van der Waals surface area contributed by atoms with Gasteiger partial charge in [-0.15, -0.1) is 0 Å². The summed E-state index contributed by atoms with van der Waals surface area (Å²) in [6.07, 6.45) is 0.704. The maximum absolute atomic E-state index is 9.59. The molecule has 1 aromatic rings. The minimum absolute atomic E-state index is 0.283. The Bertz CT molecular complexity index is 336. The van der Waals surface area contributed by atoms with Crippen LogP contribution < -0.4 is 5.73 Å². The first-order valence-electron chi connectivity index (χ1n) is 5.87. The lowest BCUT2D eigenvalue weighted by Gasteiger charge is -2.13. The fourth-order valence-electron chi connectivity index (χ4n) is 2.33. The van der Waals surface area contributed by atoms with E-state index in [1.165, 1.54) is 18.5 Å². The van der Waals surface area contributed by atoms with Crippen molar-refractivity contribution in [2.24, 2.45) is 5.73 Å². The van der Waals surface area contributed by atoms with Gasteiger partial charge in [-0.3, -0.25) is 0 Å². The minimum atomic E-state index is -0.527. The molecule has 0 amide bonds. The van der Waals surface area contributed by atoms with Gasteiger partial charge in [-0.05, 0) is 37.1 Å². The van der Waals surface area contributed by atoms with Crippen LogP contribution in [0.4, 0.5) is 0 Å². The van der Waals surface area contributed by atoms with Crippen molar-refractivity contribution < 1.29 is 5.11 Å². The predicted octanol–water partition coefficient (Wildman–Crippen LogP) is 1.10. The van der Waals surface area contributed by atoms with Gasteiger partial charge in [-0.2, -0.15) is 0 Å². The number of hydrogen-bond donors (Lipinski definition) is 2. The Morgan fingerprint density at radius 3 is 2.62 bits per heavy atom. The van der Waals surface area contributed by atoms with Crippen LogP contribution in [-0.2, 0) is 0 Å². The number of likely N-dealkylation sites (N-methyl/N-ethyl adjacent to an activating group) is 1. The molecular formula is C13H20N2O. The largest absolute Gasteiger partial charge is 0.387 e. The van der Waals surface area contributed by atoms with Crippen molar-refractivity contribution in [2.45, 2.75) is 18.4 Å². The Kier molecular flexibility index (Phi) is 3.59. The molecule has 0 spiro atoms. The Labute approximate surface area is 96.9 Å². The summed E-state index contributed by atoms with van der Waals surface area (Å²) in [6.45, 7) is 2.60. The van der Waals surface area contributed by atoms with Gasteiger partial charge in [0.1, 0.15) is 0 Å². The van der Waals surface area contributed by atoms with Crippen LogP contribution in [0.15, 0.2) is 24.3 Å². The minimum Gasteiger partial charge on any atom is -0.387 e. The molecule has 1 aliphatic heterocycles. The highest BCUT2D eigenvalue weighted by Crippen LogP contribution is 2.27. The summed E-state index contributed by atoms with van der Waals surface area (Å²) in [7, 11) is 2.16. The zero-order valence-corrected chi connectivity index (χ0v) is 9.76. The number of likely N-dealkylation sites (tertiary alicyclic amines) is 1. The van der Waals surface area contributed by atoms with Gasteiger partial charge in [-0.1, -0.05) is 24.3 Å². The molecule has 0 radical (unpaired) electrons. The zero-order chi connectivity index (χ0) is 11.5. The third-order valence-corrected chi connectivity index (χ3v) is 3.41. The molecule has 2 rings (SSSR count). The highest BCUT2D eigenvalue weighted by atomic mass is 16.3. The second kappa shape index (κ2) is 4.95. The molecule has 16 heavy (non-hydrogen) atoms. The van der Waals surface area contributed by atoms with Crippen LogP contribution in [0.2, 0.25) is 0 Å². The normalized spacial score (nSPS) is 23.6. The van der Waals surface area contributed by atoms with Gasteiger partial charge in [-0.25, -0.2) is 0 Å². The SMILES string of the molecule is CN1CCC(c2ccc(C(O)CN)cc2)C1. The maximum atomic E-state index is 9.59. The summed E-state index contributed by atoms with van der Waals surface area (Å²) in [5, 5.41) is 9.59. The lowest BCUT2D eigenvalue weighted by atomic mass is 9.96. The molecule has 3 nitrogen and oxygen atoms in total. The molecule has 88 valence electrons. The van der Waals surface area contributed by atoms with Crippen molar-refractivity contribution in [1.82, 2.24) is 4.90 Å². The van der Waals surface area contributed by atoms with Gasteiger partial charge in [0.25, 0.3) is 0 Å². The summed E-state index contributed by atoms with van der Waals surface area (Å²) in [4.78, 5) is 2.35. The van der Waals surface area contributed by atoms with Crippen molar-refractivity contribution in [1.29, 1.82) is 0 Å². The van der Waals surface area contributed by atoms with Crippen LogP contribution >= 0.6 is 0 Å². The van der Waals surface area contributed by atoms with Crippen molar-refractivity contribution in [3.05, 3.63) is 35.4 Å². The number of benzene rings is 1. The van der Waals surface area contributed by atoms with Crippen LogP contribution in [0.5, 0.6) is 0 Å². The summed E-state index contributed by atoms with van der Waals surface area (Å²) in [6, 6.07) is 8.23. The third-order valence-electron chi connectivity index (χ3n) is 3.41. The molecule has 1 aliphatic rings. The van der Waals surface area contributed by atoms with Crippen molar-refractivity contribution >= 4 is 0 Å². The Hall–Kier alpha value is -0.900. The highest BCUT2D eigenvalue weighted by Gasteiger charge is 2.20. The van der Waals surface area contributed by atoms with Crippen LogP contribution in [0.1, 0.15) is 29.6 Å². The summed E-state index contributed by atoms with van der Waals surface area (Å²) in [5.74, 6) is 0.647. The maximum Gasteiger partial charge on any atom is 0.0912 e. The number of rotatable bonds is 3. The van der Waals surface area contributed by atoms with E-state index in [1.54, 1.807) is 0 Å². The van der Waals surface area contributed by atoms with E-state index in [0.717, 1.165) is 12.1 Å². The molecule has 1 aromatic carbocycles. The molecule has 2 unspecified atom stereocenters. The quantitative estimate of drug-likeness (QED) is 0.802. The zero-order valence-electron chi connectivity index (χ0n) is 9.76. The topological polar surface area (TPSA) is 49.5 Å². The molecule has 1 saturated heterocycles. The molecular weight excluding hydrogens is 200 g/mol. The molecule has 0 bridgehead atoms. The van der Waals surface area contributed by atoms with Crippen molar-refractivity contribution in [3.8, 4) is 0 Å². The Morgan fingerprint density at radius 2 is 2.12 bits per heavy atom. The van der Waals surface area contributed by atoms with Crippen LogP contribution in [0.25, 0.3) is 0 Å². The first-order valence-corrected chi connectivity index (χ1v) is 5.87. The number of aliphatic hydroxyl groups excluding tert-OH is 1. The fraction of sp³-hybridized carbons (Fsp3) is 0.538. The van der Waals surface area contributed by atoms with Gasteiger partial charge in [0.15, 0.2) is 0 Å². The predicted molar refractivity (Wildman–Crippen MR) is 65.3 cm³/mol. The summed E-state index contributed by atoms with van der Waals surface area (Å²) < 4.78 is 0. The molecule has 3 heteroatoms. The lowest BCUT2D eigenvalue weighted by molar-refractivity contribution is 0.186. The lowest BCUT2D eigenvalue weighted by Crippen LogP contribution is -2.13. The Morgan fingerprint density at radius 1 is 1.44 bits per heavy atom. The molecule has 0 aliphatic carbocycles. The van der Waals surface area contributed by atoms with E-state index >= 15 is 0 Å². The molecule has 1 fully saturated rings. The van der Waals surface area contributed by atoms with Crippen molar-refractivity contribution in [3.63, 3.8) is 0 Å². The van der Waals surface area contributed by atoms with E-state index in [9.17, 15) is 5.11 Å².